The molecule has 30 heavy (non-hydrogen) atoms. The average Bonchev–Trinajstić information content (AvgIpc) is 3.11. The van der Waals surface area contributed by atoms with E-state index in [1.165, 1.54) is 17.0 Å². The molecule has 10 heteroatoms. The first kappa shape index (κ1) is 19.6. The van der Waals surface area contributed by atoms with E-state index in [-0.39, 0.29) is 41.1 Å². The fourth-order valence-electron chi connectivity index (χ4n) is 3.01. The molecule has 0 fully saturated rings. The largest absolute Gasteiger partial charge is 0.457 e. The van der Waals surface area contributed by atoms with Gasteiger partial charge >= 0.3 is 5.97 Å². The summed E-state index contributed by atoms with van der Waals surface area (Å²) in [4.78, 5) is 24.8. The van der Waals surface area contributed by atoms with Crippen molar-refractivity contribution >= 4 is 40.4 Å². The zero-order valence-corrected chi connectivity index (χ0v) is 16.3. The standard InChI is InChI=1S/C20H16ClFN6O2/c21-17-16-18(27-20(24)26-17)28(10-25-16)8-14-13(6-12(23)7-15(14)22)19(29)30-9-11-4-2-1-3-5-11/h1-7,10H,8-9,23H2,(H2,24,26,27). The maximum atomic E-state index is 14.8. The number of imidazole rings is 1. The van der Waals surface area contributed by atoms with Gasteiger partial charge in [-0.25, -0.2) is 14.2 Å². The topological polar surface area (TPSA) is 122 Å². The van der Waals surface area contributed by atoms with E-state index in [0.29, 0.717) is 11.2 Å². The summed E-state index contributed by atoms with van der Waals surface area (Å²) in [6.07, 6.45) is 1.42. The summed E-state index contributed by atoms with van der Waals surface area (Å²) in [6, 6.07) is 11.7. The lowest BCUT2D eigenvalue weighted by Crippen LogP contribution is -2.14. The van der Waals surface area contributed by atoms with Gasteiger partial charge in [0.1, 0.15) is 17.9 Å². The smallest absolute Gasteiger partial charge is 0.338 e. The number of nitrogens with two attached hydrogens (primary N) is 2. The van der Waals surface area contributed by atoms with Crippen LogP contribution in [0, 0.1) is 5.82 Å². The molecule has 0 saturated heterocycles. The Morgan fingerprint density at radius 2 is 1.93 bits per heavy atom. The van der Waals surface area contributed by atoms with Crippen molar-refractivity contribution in [2.75, 3.05) is 11.5 Å². The quantitative estimate of drug-likeness (QED) is 0.285. The molecule has 2 aromatic carbocycles. The highest BCUT2D eigenvalue weighted by Crippen LogP contribution is 2.24. The number of carbonyl (C=O) groups excluding carboxylic acids is 1. The number of carbonyl (C=O) groups is 1. The number of hydrogen-bond acceptors (Lipinski definition) is 7. The van der Waals surface area contributed by atoms with Crippen LogP contribution in [0.25, 0.3) is 11.2 Å². The number of rotatable bonds is 5. The molecule has 0 aliphatic carbocycles. The van der Waals surface area contributed by atoms with Crippen molar-refractivity contribution in [3.05, 3.63) is 76.5 Å². The molecule has 2 aromatic heterocycles. The molecule has 152 valence electrons. The highest BCUT2D eigenvalue weighted by Gasteiger charge is 2.20. The number of benzene rings is 2. The monoisotopic (exact) mass is 426 g/mol. The predicted octanol–water partition coefficient (Wildman–Crippen LogP) is 3.19. The summed E-state index contributed by atoms with van der Waals surface area (Å²) in [6.45, 7) is -0.0198. The Morgan fingerprint density at radius 1 is 1.17 bits per heavy atom. The van der Waals surface area contributed by atoms with Crippen molar-refractivity contribution in [3.8, 4) is 0 Å². The minimum Gasteiger partial charge on any atom is -0.457 e. The zero-order valence-electron chi connectivity index (χ0n) is 15.5. The summed E-state index contributed by atoms with van der Waals surface area (Å²) in [5.41, 5.74) is 13.0. The van der Waals surface area contributed by atoms with Crippen molar-refractivity contribution in [2.45, 2.75) is 13.2 Å². The Balaban J connectivity index is 1.68. The first-order valence-electron chi connectivity index (χ1n) is 8.85. The van der Waals surface area contributed by atoms with Crippen molar-refractivity contribution in [3.63, 3.8) is 0 Å². The van der Waals surface area contributed by atoms with Gasteiger partial charge in [0.25, 0.3) is 0 Å². The second kappa shape index (κ2) is 7.96. The van der Waals surface area contributed by atoms with Crippen LogP contribution in [0.1, 0.15) is 21.5 Å². The fraction of sp³-hybridized carbons (Fsp3) is 0.100. The van der Waals surface area contributed by atoms with Gasteiger partial charge in [-0.15, -0.1) is 0 Å². The lowest BCUT2D eigenvalue weighted by Gasteiger charge is -2.13. The second-order valence-electron chi connectivity index (χ2n) is 6.51. The molecule has 0 spiro atoms. The number of halogens is 2. The molecule has 0 radical (unpaired) electrons. The molecule has 0 aliphatic heterocycles. The lowest BCUT2D eigenvalue weighted by atomic mass is 10.1. The predicted molar refractivity (Wildman–Crippen MR) is 110 cm³/mol. The van der Waals surface area contributed by atoms with Crippen molar-refractivity contribution < 1.29 is 13.9 Å². The Morgan fingerprint density at radius 3 is 2.70 bits per heavy atom. The van der Waals surface area contributed by atoms with Crippen LogP contribution >= 0.6 is 11.6 Å². The van der Waals surface area contributed by atoms with Gasteiger partial charge in [-0.2, -0.15) is 9.97 Å². The van der Waals surface area contributed by atoms with Crippen LogP contribution in [0.15, 0.2) is 48.8 Å². The molecule has 4 aromatic rings. The summed E-state index contributed by atoms with van der Waals surface area (Å²) >= 11 is 6.04. The molecular weight excluding hydrogens is 411 g/mol. The molecule has 0 atom stereocenters. The normalized spacial score (nSPS) is 11.0. The van der Waals surface area contributed by atoms with Gasteiger partial charge in [-0.05, 0) is 17.7 Å². The molecule has 8 nitrogen and oxygen atoms in total. The van der Waals surface area contributed by atoms with Crippen LogP contribution in [0.3, 0.4) is 0 Å². The highest BCUT2D eigenvalue weighted by atomic mass is 35.5. The SMILES string of the molecule is Nc1cc(F)c(Cn2cnc3c(Cl)nc(N)nc32)c(C(=O)OCc2ccccc2)c1. The third kappa shape index (κ3) is 3.87. The van der Waals surface area contributed by atoms with E-state index in [4.69, 9.17) is 27.8 Å². The molecule has 0 amide bonds. The molecule has 4 N–H and O–H groups in total. The number of esters is 1. The maximum absolute atomic E-state index is 14.8. The number of hydrogen-bond donors (Lipinski definition) is 2. The average molecular weight is 427 g/mol. The van der Waals surface area contributed by atoms with Crippen LogP contribution in [0.2, 0.25) is 5.15 Å². The van der Waals surface area contributed by atoms with Gasteiger partial charge in [0, 0.05) is 11.3 Å². The van der Waals surface area contributed by atoms with Gasteiger partial charge < -0.3 is 20.8 Å². The van der Waals surface area contributed by atoms with Crippen LogP contribution in [-0.4, -0.2) is 25.5 Å². The maximum Gasteiger partial charge on any atom is 0.338 e. The Hall–Kier alpha value is -3.72. The van der Waals surface area contributed by atoms with E-state index in [9.17, 15) is 9.18 Å². The lowest BCUT2D eigenvalue weighted by molar-refractivity contribution is 0.0470. The van der Waals surface area contributed by atoms with Crippen LogP contribution in [0.4, 0.5) is 16.0 Å². The molecular formula is C20H16ClFN6O2. The first-order valence-corrected chi connectivity index (χ1v) is 9.23. The molecule has 0 saturated carbocycles. The van der Waals surface area contributed by atoms with Crippen molar-refractivity contribution in [1.82, 2.24) is 19.5 Å². The highest BCUT2D eigenvalue weighted by molar-refractivity contribution is 6.33. The number of anilines is 2. The van der Waals surface area contributed by atoms with E-state index in [1.807, 2.05) is 30.3 Å². The Bertz CT molecular complexity index is 1250. The van der Waals surface area contributed by atoms with Crippen LogP contribution in [-0.2, 0) is 17.9 Å². The summed E-state index contributed by atoms with van der Waals surface area (Å²) in [5, 5.41) is 0.0801. The number of aromatic nitrogens is 4. The first-order chi connectivity index (χ1) is 14.4. The third-order valence-electron chi connectivity index (χ3n) is 4.42. The Kier molecular flexibility index (Phi) is 5.20. The number of ether oxygens (including phenoxy) is 1. The summed E-state index contributed by atoms with van der Waals surface area (Å²) in [5.74, 6) is -1.40. The van der Waals surface area contributed by atoms with E-state index >= 15 is 0 Å². The van der Waals surface area contributed by atoms with Crippen LogP contribution in [0.5, 0.6) is 0 Å². The molecule has 0 bridgehead atoms. The number of nitrogen functional groups attached to an aromatic ring is 2. The van der Waals surface area contributed by atoms with Gasteiger partial charge in [-0.3, -0.25) is 0 Å². The van der Waals surface area contributed by atoms with E-state index in [1.54, 1.807) is 0 Å². The van der Waals surface area contributed by atoms with Crippen molar-refractivity contribution in [1.29, 1.82) is 0 Å². The fourth-order valence-corrected chi connectivity index (χ4v) is 3.23. The molecule has 0 unspecified atom stereocenters. The minimum absolute atomic E-state index is 0.0124. The van der Waals surface area contributed by atoms with Gasteiger partial charge in [0.05, 0.1) is 18.4 Å². The van der Waals surface area contributed by atoms with E-state index in [2.05, 4.69) is 15.0 Å². The van der Waals surface area contributed by atoms with Gasteiger partial charge in [-0.1, -0.05) is 41.9 Å². The number of fused-ring (bicyclic) bond motifs is 1. The third-order valence-corrected chi connectivity index (χ3v) is 4.68. The van der Waals surface area contributed by atoms with Gasteiger partial charge in [0.15, 0.2) is 10.8 Å². The Labute approximate surface area is 175 Å². The molecule has 0 aliphatic rings. The molecule has 2 heterocycles. The van der Waals surface area contributed by atoms with E-state index < -0.39 is 11.8 Å². The minimum atomic E-state index is -0.698. The van der Waals surface area contributed by atoms with Gasteiger partial charge in [0.2, 0.25) is 5.95 Å². The second-order valence-corrected chi connectivity index (χ2v) is 6.87. The van der Waals surface area contributed by atoms with Crippen molar-refractivity contribution in [2.24, 2.45) is 0 Å². The zero-order chi connectivity index (χ0) is 21.3. The summed E-state index contributed by atoms with van der Waals surface area (Å²) < 4.78 is 21.7. The number of nitrogens with zero attached hydrogens (tertiary/aromatic N) is 4. The summed E-state index contributed by atoms with van der Waals surface area (Å²) in [7, 11) is 0. The molecule has 4 rings (SSSR count). The van der Waals surface area contributed by atoms with E-state index in [0.717, 1.165) is 11.6 Å². The van der Waals surface area contributed by atoms with Crippen LogP contribution < -0.4 is 11.5 Å².